The normalized spacial score (nSPS) is 12.3. The Morgan fingerprint density at radius 3 is 2.26 bits per heavy atom. The molecule has 0 aliphatic heterocycles. The maximum absolute atomic E-state index is 12.8. The highest BCUT2D eigenvalue weighted by Gasteiger charge is 2.30. The van der Waals surface area contributed by atoms with Crippen LogP contribution in [0.2, 0.25) is 0 Å². The molecule has 35 heavy (non-hydrogen) atoms. The molecule has 0 saturated heterocycles. The van der Waals surface area contributed by atoms with E-state index in [4.69, 9.17) is 9.15 Å². The number of aromatic nitrogens is 2. The van der Waals surface area contributed by atoms with E-state index in [0.717, 1.165) is 12.1 Å². The van der Waals surface area contributed by atoms with Crippen LogP contribution in [0.25, 0.3) is 11.5 Å². The first kappa shape index (κ1) is 26.1. The number of nitrogens with zero attached hydrogens (tertiary/aromatic N) is 2. The topological polar surface area (TPSA) is 89.3 Å². The summed E-state index contributed by atoms with van der Waals surface area (Å²) in [7, 11) is 0. The second-order valence-corrected chi connectivity index (χ2v) is 9.99. The average Bonchev–Trinajstić information content (AvgIpc) is 3.19. The van der Waals surface area contributed by atoms with Gasteiger partial charge < -0.3 is 19.8 Å². The van der Waals surface area contributed by atoms with E-state index in [2.05, 4.69) is 20.8 Å². The van der Waals surface area contributed by atoms with Crippen molar-refractivity contribution in [2.75, 3.05) is 11.9 Å². The van der Waals surface area contributed by atoms with E-state index in [9.17, 15) is 18.0 Å². The molecule has 1 heterocycles. The molecule has 0 unspecified atom stereocenters. The molecule has 0 bridgehead atoms. The van der Waals surface area contributed by atoms with Crippen LogP contribution >= 0.6 is 0 Å². The van der Waals surface area contributed by atoms with Crippen LogP contribution in [0.1, 0.15) is 46.1 Å². The zero-order valence-corrected chi connectivity index (χ0v) is 20.3. The molecule has 0 aliphatic rings. The maximum atomic E-state index is 12.8. The molecule has 3 rings (SSSR count). The van der Waals surface area contributed by atoms with Gasteiger partial charge in [-0.05, 0) is 55.7 Å². The maximum Gasteiger partial charge on any atom is 0.416 e. The molecular formula is C25H29F3N4O3. The molecule has 0 saturated carbocycles. The number of carbonyl (C=O) groups is 1. The van der Waals surface area contributed by atoms with Gasteiger partial charge in [0.1, 0.15) is 5.60 Å². The van der Waals surface area contributed by atoms with Crippen LogP contribution in [0.15, 0.2) is 52.9 Å². The quantitative estimate of drug-likeness (QED) is 0.388. The summed E-state index contributed by atoms with van der Waals surface area (Å²) in [6, 6.07) is 11.8. The van der Waals surface area contributed by atoms with Gasteiger partial charge in [-0.3, -0.25) is 0 Å². The van der Waals surface area contributed by atoms with Gasteiger partial charge in [0, 0.05) is 12.2 Å². The van der Waals surface area contributed by atoms with Crippen molar-refractivity contribution in [3.05, 3.63) is 60.0 Å². The van der Waals surface area contributed by atoms with Gasteiger partial charge >= 0.3 is 12.3 Å². The highest BCUT2D eigenvalue weighted by atomic mass is 19.4. The summed E-state index contributed by atoms with van der Waals surface area (Å²) in [6.07, 6.45) is -4.74. The molecule has 2 N–H and O–H groups in total. The zero-order valence-electron chi connectivity index (χ0n) is 20.3. The third-order valence-corrected chi connectivity index (χ3v) is 4.82. The second-order valence-electron chi connectivity index (χ2n) is 9.99. The number of benzene rings is 2. The second kappa shape index (κ2) is 9.97. The summed E-state index contributed by atoms with van der Waals surface area (Å²) in [5, 5.41) is 14.0. The van der Waals surface area contributed by atoms with Gasteiger partial charge in [0.25, 0.3) is 0 Å². The smallest absolute Gasteiger partial charge is 0.416 e. The van der Waals surface area contributed by atoms with Crippen molar-refractivity contribution in [1.29, 1.82) is 0 Å². The number of hydrogen-bond donors (Lipinski definition) is 2. The molecule has 188 valence electrons. The van der Waals surface area contributed by atoms with E-state index in [1.165, 1.54) is 12.1 Å². The van der Waals surface area contributed by atoms with E-state index in [-0.39, 0.29) is 23.6 Å². The third-order valence-electron chi connectivity index (χ3n) is 4.82. The Morgan fingerprint density at radius 1 is 0.971 bits per heavy atom. The van der Waals surface area contributed by atoms with Gasteiger partial charge in [-0.2, -0.15) is 13.2 Å². The summed E-state index contributed by atoms with van der Waals surface area (Å²) in [4.78, 5) is 12.1. The molecule has 0 fully saturated rings. The molecular weight excluding hydrogens is 461 g/mol. The molecule has 0 spiro atoms. The van der Waals surface area contributed by atoms with Crippen LogP contribution < -0.4 is 10.6 Å². The standard InChI is InChI=1S/C25H29F3N4O3/c1-23(2,3)15-29-22(33)35-24(4,5)14-20-31-32-21(34-20)18-8-6-7-9-19(18)30-17-12-10-16(11-13-17)25(26,27)28/h6-13,30H,14-15H2,1-5H3,(H,29,33). The van der Waals surface area contributed by atoms with Gasteiger partial charge in [0.2, 0.25) is 11.8 Å². The minimum absolute atomic E-state index is 0.0770. The van der Waals surface area contributed by atoms with Crippen LogP contribution in [0.4, 0.5) is 29.3 Å². The van der Waals surface area contributed by atoms with Crippen molar-refractivity contribution in [2.45, 2.75) is 52.8 Å². The Bertz CT molecular complexity index is 1150. The van der Waals surface area contributed by atoms with Gasteiger partial charge in [0.15, 0.2) is 0 Å². The van der Waals surface area contributed by atoms with Gasteiger partial charge in [-0.1, -0.05) is 32.9 Å². The number of carbonyl (C=O) groups excluding carboxylic acids is 1. The summed E-state index contributed by atoms with van der Waals surface area (Å²) in [5.74, 6) is 0.501. The fourth-order valence-corrected chi connectivity index (χ4v) is 3.14. The Hall–Kier alpha value is -3.56. The summed E-state index contributed by atoms with van der Waals surface area (Å²) in [6.45, 7) is 9.96. The fraction of sp³-hybridized carbons (Fsp3) is 0.400. The molecule has 10 heteroatoms. The van der Waals surface area contributed by atoms with Crippen molar-refractivity contribution in [1.82, 2.24) is 15.5 Å². The van der Waals surface area contributed by atoms with E-state index < -0.39 is 23.4 Å². The van der Waals surface area contributed by atoms with Crippen molar-refractivity contribution < 1.29 is 27.1 Å². The predicted octanol–water partition coefficient (Wildman–Crippen LogP) is 6.59. The van der Waals surface area contributed by atoms with Crippen LogP contribution in [-0.4, -0.2) is 28.4 Å². The highest BCUT2D eigenvalue weighted by molar-refractivity contribution is 5.76. The predicted molar refractivity (Wildman–Crippen MR) is 126 cm³/mol. The van der Waals surface area contributed by atoms with Gasteiger partial charge in [-0.25, -0.2) is 4.79 Å². The lowest BCUT2D eigenvalue weighted by Gasteiger charge is -2.25. The zero-order chi connectivity index (χ0) is 25.9. The number of para-hydroxylation sites is 1. The first-order valence-corrected chi connectivity index (χ1v) is 11.0. The monoisotopic (exact) mass is 490 g/mol. The van der Waals surface area contributed by atoms with Gasteiger partial charge in [0.05, 0.1) is 23.2 Å². The Kier molecular flexibility index (Phi) is 7.42. The molecule has 3 aromatic rings. The lowest BCUT2D eigenvalue weighted by Crippen LogP contribution is -2.39. The third kappa shape index (κ3) is 7.73. The molecule has 0 aliphatic carbocycles. The number of amides is 1. The molecule has 1 amide bonds. The fourth-order valence-electron chi connectivity index (χ4n) is 3.14. The number of alkyl halides is 3. The molecule has 0 atom stereocenters. The molecule has 0 radical (unpaired) electrons. The number of ether oxygens (including phenoxy) is 1. The average molecular weight is 491 g/mol. The number of halogens is 3. The number of rotatable bonds is 7. The number of hydrogen-bond acceptors (Lipinski definition) is 6. The Morgan fingerprint density at radius 2 is 1.63 bits per heavy atom. The Labute approximate surface area is 202 Å². The molecule has 2 aromatic carbocycles. The van der Waals surface area contributed by atoms with Crippen molar-refractivity contribution in [3.8, 4) is 11.5 Å². The molecule has 7 nitrogen and oxygen atoms in total. The lowest BCUT2D eigenvalue weighted by atomic mass is 9.97. The number of anilines is 2. The highest BCUT2D eigenvalue weighted by Crippen LogP contribution is 2.33. The van der Waals surface area contributed by atoms with Crippen LogP contribution in [0, 0.1) is 5.41 Å². The summed E-state index contributed by atoms with van der Waals surface area (Å²) in [5.41, 5.74) is -0.0704. The van der Waals surface area contributed by atoms with E-state index in [0.29, 0.717) is 23.5 Å². The lowest BCUT2D eigenvalue weighted by molar-refractivity contribution is -0.137. The number of nitrogens with one attached hydrogen (secondary N) is 2. The summed E-state index contributed by atoms with van der Waals surface area (Å²) >= 11 is 0. The minimum Gasteiger partial charge on any atom is -0.443 e. The van der Waals surface area contributed by atoms with E-state index in [1.54, 1.807) is 38.1 Å². The van der Waals surface area contributed by atoms with Crippen molar-refractivity contribution in [2.24, 2.45) is 5.41 Å². The minimum atomic E-state index is -4.40. The van der Waals surface area contributed by atoms with Crippen molar-refractivity contribution >= 4 is 17.5 Å². The van der Waals surface area contributed by atoms with E-state index >= 15 is 0 Å². The summed E-state index contributed by atoms with van der Waals surface area (Å²) < 4.78 is 49.8. The van der Waals surface area contributed by atoms with Crippen LogP contribution in [-0.2, 0) is 17.3 Å². The van der Waals surface area contributed by atoms with Gasteiger partial charge in [-0.15, -0.1) is 10.2 Å². The first-order chi connectivity index (χ1) is 16.2. The first-order valence-electron chi connectivity index (χ1n) is 11.0. The Balaban J connectivity index is 1.70. The van der Waals surface area contributed by atoms with Crippen LogP contribution in [0.5, 0.6) is 0 Å². The molecule has 1 aromatic heterocycles. The number of alkyl carbamates (subject to hydrolysis) is 1. The van der Waals surface area contributed by atoms with E-state index in [1.807, 2.05) is 20.8 Å². The SMILES string of the molecule is CC(C)(C)CNC(=O)OC(C)(C)Cc1nnc(-c2ccccc2Nc2ccc(C(F)(F)F)cc2)o1. The van der Waals surface area contributed by atoms with Crippen molar-refractivity contribution in [3.63, 3.8) is 0 Å². The largest absolute Gasteiger partial charge is 0.443 e. The van der Waals surface area contributed by atoms with Crippen LogP contribution in [0.3, 0.4) is 0 Å².